The first-order valence-corrected chi connectivity index (χ1v) is 4.97. The van der Waals surface area contributed by atoms with Crippen LogP contribution in [0.2, 0.25) is 0 Å². The van der Waals surface area contributed by atoms with Gasteiger partial charge in [0, 0.05) is 13.2 Å². The van der Waals surface area contributed by atoms with Crippen LogP contribution in [0.5, 0.6) is 0 Å². The lowest BCUT2D eigenvalue weighted by Crippen LogP contribution is -2.50. The Morgan fingerprint density at radius 2 is 1.85 bits per heavy atom. The summed E-state index contributed by atoms with van der Waals surface area (Å²) in [5, 5.41) is 3.21. The smallest absolute Gasteiger partial charge is 0.0801 e. The van der Waals surface area contributed by atoms with Crippen LogP contribution in [0.1, 0.15) is 27.7 Å². The molecule has 0 heterocycles. The highest BCUT2D eigenvalue weighted by molar-refractivity contribution is 4.84. The van der Waals surface area contributed by atoms with E-state index in [-0.39, 0.29) is 11.6 Å². The predicted molar refractivity (Wildman–Crippen MR) is 55.0 cm³/mol. The molecule has 0 bridgehead atoms. The van der Waals surface area contributed by atoms with Crippen LogP contribution in [0.25, 0.3) is 0 Å². The van der Waals surface area contributed by atoms with Crippen molar-refractivity contribution in [1.82, 2.24) is 5.32 Å². The number of rotatable bonds is 7. The van der Waals surface area contributed by atoms with Crippen molar-refractivity contribution in [3.05, 3.63) is 0 Å². The van der Waals surface area contributed by atoms with Crippen LogP contribution < -0.4 is 5.32 Å². The van der Waals surface area contributed by atoms with Crippen molar-refractivity contribution in [3.8, 4) is 0 Å². The van der Waals surface area contributed by atoms with Gasteiger partial charge in [-0.05, 0) is 34.7 Å². The molecular weight excluding hydrogens is 166 g/mol. The van der Waals surface area contributed by atoms with Crippen molar-refractivity contribution in [3.63, 3.8) is 0 Å². The summed E-state index contributed by atoms with van der Waals surface area (Å²) in [6, 6.07) is 0.243. The second-order valence-corrected chi connectivity index (χ2v) is 3.54. The van der Waals surface area contributed by atoms with Crippen LogP contribution in [-0.2, 0) is 9.47 Å². The molecule has 0 aliphatic heterocycles. The van der Waals surface area contributed by atoms with Crippen LogP contribution in [0, 0.1) is 0 Å². The molecular formula is C10H23NO2. The van der Waals surface area contributed by atoms with Crippen molar-refractivity contribution in [2.45, 2.75) is 39.3 Å². The van der Waals surface area contributed by atoms with Crippen molar-refractivity contribution in [1.29, 1.82) is 0 Å². The van der Waals surface area contributed by atoms with Crippen molar-refractivity contribution < 1.29 is 9.47 Å². The summed E-state index contributed by atoms with van der Waals surface area (Å²) >= 11 is 0. The Morgan fingerprint density at radius 1 is 1.23 bits per heavy atom. The molecule has 1 N–H and O–H groups in total. The van der Waals surface area contributed by atoms with Crippen molar-refractivity contribution >= 4 is 0 Å². The van der Waals surface area contributed by atoms with E-state index in [4.69, 9.17) is 9.47 Å². The summed E-state index contributed by atoms with van der Waals surface area (Å²) in [6.07, 6.45) is 0. The van der Waals surface area contributed by atoms with Gasteiger partial charge in [-0.15, -0.1) is 0 Å². The highest BCUT2D eigenvalue weighted by Gasteiger charge is 2.28. The van der Waals surface area contributed by atoms with Crippen LogP contribution in [0.3, 0.4) is 0 Å². The number of hydrogen-bond acceptors (Lipinski definition) is 3. The monoisotopic (exact) mass is 189 g/mol. The fourth-order valence-corrected chi connectivity index (χ4v) is 1.34. The second-order valence-electron chi connectivity index (χ2n) is 3.54. The highest BCUT2D eigenvalue weighted by Crippen LogP contribution is 2.14. The molecule has 0 fully saturated rings. The van der Waals surface area contributed by atoms with Crippen molar-refractivity contribution in [2.75, 3.05) is 26.9 Å². The first kappa shape index (κ1) is 12.9. The van der Waals surface area contributed by atoms with E-state index < -0.39 is 0 Å². The quantitative estimate of drug-likeness (QED) is 0.657. The Balaban J connectivity index is 4.02. The summed E-state index contributed by atoms with van der Waals surface area (Å²) in [4.78, 5) is 0. The first-order chi connectivity index (χ1) is 6.08. The summed E-state index contributed by atoms with van der Waals surface area (Å²) in [7, 11) is 1.93. The van der Waals surface area contributed by atoms with Gasteiger partial charge in [-0.2, -0.15) is 0 Å². The molecule has 3 heteroatoms. The Hall–Kier alpha value is -0.120. The third-order valence-corrected chi connectivity index (χ3v) is 2.19. The number of likely N-dealkylation sites (N-methyl/N-ethyl adjacent to an activating group) is 1. The third-order valence-electron chi connectivity index (χ3n) is 2.19. The van der Waals surface area contributed by atoms with E-state index in [2.05, 4.69) is 19.2 Å². The van der Waals surface area contributed by atoms with E-state index in [9.17, 15) is 0 Å². The van der Waals surface area contributed by atoms with E-state index in [0.29, 0.717) is 6.61 Å². The minimum Gasteiger partial charge on any atom is -0.380 e. The third kappa shape index (κ3) is 4.60. The molecule has 0 amide bonds. The van der Waals surface area contributed by atoms with Crippen LogP contribution in [-0.4, -0.2) is 38.5 Å². The predicted octanol–water partition coefficient (Wildman–Crippen LogP) is 1.43. The standard InChI is InChI=1S/C10H23NO2/c1-6-12-8-9(11-5)10(3,4)13-7-2/h9,11H,6-8H2,1-5H3. The van der Waals surface area contributed by atoms with Gasteiger partial charge in [0.2, 0.25) is 0 Å². The summed E-state index contributed by atoms with van der Waals surface area (Å²) < 4.78 is 11.0. The van der Waals surface area contributed by atoms with E-state index in [1.54, 1.807) is 0 Å². The molecule has 0 rings (SSSR count). The minimum atomic E-state index is -0.168. The zero-order valence-corrected chi connectivity index (χ0v) is 9.52. The number of nitrogens with one attached hydrogen (secondary N) is 1. The Bertz CT molecular complexity index is 126. The Kier molecular flexibility index (Phi) is 6.29. The molecule has 0 aromatic carbocycles. The molecule has 13 heavy (non-hydrogen) atoms. The SMILES string of the molecule is CCOCC(NC)C(C)(C)OCC. The van der Waals surface area contributed by atoms with Gasteiger partial charge in [-0.25, -0.2) is 0 Å². The molecule has 0 saturated heterocycles. The maximum Gasteiger partial charge on any atom is 0.0801 e. The lowest BCUT2D eigenvalue weighted by molar-refractivity contribution is -0.0572. The number of ether oxygens (including phenoxy) is 2. The summed E-state index contributed by atoms with van der Waals surface area (Å²) in [6.45, 7) is 10.3. The van der Waals surface area contributed by atoms with Gasteiger partial charge in [-0.1, -0.05) is 0 Å². The summed E-state index contributed by atoms with van der Waals surface area (Å²) in [5.41, 5.74) is -0.168. The molecule has 0 aliphatic rings. The Morgan fingerprint density at radius 3 is 2.23 bits per heavy atom. The number of hydrogen-bond donors (Lipinski definition) is 1. The molecule has 0 aromatic heterocycles. The maximum absolute atomic E-state index is 5.64. The first-order valence-electron chi connectivity index (χ1n) is 4.97. The van der Waals surface area contributed by atoms with Crippen LogP contribution in [0.4, 0.5) is 0 Å². The molecule has 1 unspecified atom stereocenters. The molecule has 0 spiro atoms. The second kappa shape index (κ2) is 6.35. The maximum atomic E-state index is 5.64. The van der Waals surface area contributed by atoms with Gasteiger partial charge in [-0.3, -0.25) is 0 Å². The Labute approximate surface area is 81.8 Å². The van der Waals surface area contributed by atoms with Gasteiger partial charge in [0.05, 0.1) is 18.2 Å². The largest absolute Gasteiger partial charge is 0.380 e. The molecule has 0 radical (unpaired) electrons. The molecule has 0 aliphatic carbocycles. The van der Waals surface area contributed by atoms with E-state index in [0.717, 1.165) is 13.2 Å². The average molecular weight is 189 g/mol. The molecule has 3 nitrogen and oxygen atoms in total. The van der Waals surface area contributed by atoms with E-state index >= 15 is 0 Å². The lowest BCUT2D eigenvalue weighted by Gasteiger charge is -2.33. The molecule has 1 atom stereocenters. The zero-order chi connectivity index (χ0) is 10.3. The van der Waals surface area contributed by atoms with Crippen molar-refractivity contribution in [2.24, 2.45) is 0 Å². The van der Waals surface area contributed by atoms with Gasteiger partial charge in [0.25, 0.3) is 0 Å². The molecule has 0 aromatic rings. The van der Waals surface area contributed by atoms with E-state index in [1.165, 1.54) is 0 Å². The zero-order valence-electron chi connectivity index (χ0n) is 9.52. The topological polar surface area (TPSA) is 30.5 Å². The normalized spacial score (nSPS) is 14.5. The molecule has 0 saturated carbocycles. The highest BCUT2D eigenvalue weighted by atomic mass is 16.5. The van der Waals surface area contributed by atoms with E-state index in [1.807, 2.05) is 20.9 Å². The van der Waals surface area contributed by atoms with Crippen LogP contribution >= 0.6 is 0 Å². The molecule has 80 valence electrons. The van der Waals surface area contributed by atoms with Crippen LogP contribution in [0.15, 0.2) is 0 Å². The van der Waals surface area contributed by atoms with Gasteiger partial charge in [0.15, 0.2) is 0 Å². The van der Waals surface area contributed by atoms with Gasteiger partial charge >= 0.3 is 0 Å². The average Bonchev–Trinajstić information content (AvgIpc) is 2.05. The fraction of sp³-hybridized carbons (Fsp3) is 1.00. The van der Waals surface area contributed by atoms with Gasteiger partial charge < -0.3 is 14.8 Å². The fourth-order valence-electron chi connectivity index (χ4n) is 1.34. The lowest BCUT2D eigenvalue weighted by atomic mass is 9.99. The summed E-state index contributed by atoms with van der Waals surface area (Å²) in [5.74, 6) is 0. The minimum absolute atomic E-state index is 0.168. The van der Waals surface area contributed by atoms with Gasteiger partial charge in [0.1, 0.15) is 0 Å².